The monoisotopic (exact) mass is 266 g/mol. The molecule has 1 aromatic carbocycles. The van der Waals surface area contributed by atoms with E-state index in [0.717, 1.165) is 25.8 Å². The lowest BCUT2D eigenvalue weighted by Gasteiger charge is -2.05. The van der Waals surface area contributed by atoms with E-state index >= 15 is 0 Å². The highest BCUT2D eigenvalue weighted by molar-refractivity contribution is 5.94. The van der Waals surface area contributed by atoms with E-state index in [9.17, 15) is 9.18 Å². The summed E-state index contributed by atoms with van der Waals surface area (Å²) in [5.41, 5.74) is 5.92. The van der Waals surface area contributed by atoms with E-state index in [2.05, 4.69) is 5.32 Å². The quantitative estimate of drug-likeness (QED) is 0.675. The molecule has 0 heterocycles. The molecule has 0 fully saturated rings. The minimum Gasteiger partial charge on any atom is -0.352 e. The molecule has 0 aromatic heterocycles. The van der Waals surface area contributed by atoms with Crippen LogP contribution in [0.1, 0.15) is 48.9 Å². The van der Waals surface area contributed by atoms with Crippen molar-refractivity contribution in [3.8, 4) is 0 Å². The van der Waals surface area contributed by atoms with E-state index in [-0.39, 0.29) is 11.7 Å². The predicted molar refractivity (Wildman–Crippen MR) is 75.5 cm³/mol. The van der Waals surface area contributed by atoms with Crippen molar-refractivity contribution in [1.29, 1.82) is 0 Å². The maximum absolute atomic E-state index is 12.7. The van der Waals surface area contributed by atoms with Gasteiger partial charge in [-0.3, -0.25) is 4.79 Å². The van der Waals surface area contributed by atoms with E-state index in [4.69, 9.17) is 5.73 Å². The number of benzene rings is 1. The number of nitrogens with two attached hydrogens (primary N) is 1. The van der Waals surface area contributed by atoms with Gasteiger partial charge in [0.25, 0.3) is 5.91 Å². The Bertz CT molecular complexity index is 365. The lowest BCUT2D eigenvalue weighted by molar-refractivity contribution is 0.0953. The molecule has 0 spiro atoms. The van der Waals surface area contributed by atoms with Crippen molar-refractivity contribution in [3.63, 3.8) is 0 Å². The van der Waals surface area contributed by atoms with E-state index in [0.29, 0.717) is 12.1 Å². The fraction of sp³-hybridized carbons (Fsp3) is 0.533. The Morgan fingerprint density at radius 3 is 2.21 bits per heavy atom. The predicted octanol–water partition coefficient (Wildman–Crippen LogP) is 2.85. The third-order valence-electron chi connectivity index (χ3n) is 3.02. The van der Waals surface area contributed by atoms with Crippen LogP contribution < -0.4 is 11.1 Å². The minimum absolute atomic E-state index is 0.136. The molecule has 0 radical (unpaired) electrons. The zero-order chi connectivity index (χ0) is 13.9. The van der Waals surface area contributed by atoms with Crippen molar-refractivity contribution in [1.82, 2.24) is 5.32 Å². The van der Waals surface area contributed by atoms with Gasteiger partial charge in [0.05, 0.1) is 0 Å². The zero-order valence-electron chi connectivity index (χ0n) is 11.3. The van der Waals surface area contributed by atoms with E-state index < -0.39 is 0 Å². The summed E-state index contributed by atoms with van der Waals surface area (Å²) in [6.07, 6.45) is 6.79. The highest BCUT2D eigenvalue weighted by Gasteiger charge is 2.03. The van der Waals surface area contributed by atoms with Gasteiger partial charge in [-0.1, -0.05) is 25.7 Å². The SMILES string of the molecule is NCCCCCCCCNC(=O)c1ccc(F)cc1. The van der Waals surface area contributed by atoms with Crippen LogP contribution in [0.3, 0.4) is 0 Å². The third-order valence-corrected chi connectivity index (χ3v) is 3.02. The Morgan fingerprint density at radius 2 is 1.58 bits per heavy atom. The van der Waals surface area contributed by atoms with Crippen molar-refractivity contribution < 1.29 is 9.18 Å². The van der Waals surface area contributed by atoms with E-state index in [1.165, 1.54) is 43.5 Å². The third kappa shape index (κ3) is 6.91. The first-order chi connectivity index (χ1) is 9.24. The normalized spacial score (nSPS) is 10.4. The van der Waals surface area contributed by atoms with Crippen molar-refractivity contribution in [2.75, 3.05) is 13.1 Å². The molecular weight excluding hydrogens is 243 g/mol. The van der Waals surface area contributed by atoms with E-state index in [1.807, 2.05) is 0 Å². The Kier molecular flexibility index (Phi) is 7.82. The van der Waals surface area contributed by atoms with Crippen molar-refractivity contribution in [2.45, 2.75) is 38.5 Å². The Labute approximate surface area is 114 Å². The second-order valence-corrected chi connectivity index (χ2v) is 4.67. The molecule has 3 nitrogen and oxygen atoms in total. The molecule has 0 saturated carbocycles. The smallest absolute Gasteiger partial charge is 0.251 e. The summed E-state index contributed by atoms with van der Waals surface area (Å²) >= 11 is 0. The number of rotatable bonds is 9. The van der Waals surface area contributed by atoms with Crippen molar-refractivity contribution in [3.05, 3.63) is 35.6 Å². The van der Waals surface area contributed by atoms with Crippen molar-refractivity contribution >= 4 is 5.91 Å². The number of unbranched alkanes of at least 4 members (excludes halogenated alkanes) is 5. The average Bonchev–Trinajstić information content (AvgIpc) is 2.42. The summed E-state index contributed by atoms with van der Waals surface area (Å²) < 4.78 is 12.7. The van der Waals surface area contributed by atoms with Crippen LogP contribution in [0.4, 0.5) is 4.39 Å². The van der Waals surface area contributed by atoms with Gasteiger partial charge in [-0.2, -0.15) is 0 Å². The molecular formula is C15H23FN2O. The summed E-state index contributed by atoms with van der Waals surface area (Å²) in [7, 11) is 0. The number of hydrogen-bond donors (Lipinski definition) is 2. The molecule has 3 N–H and O–H groups in total. The van der Waals surface area contributed by atoms with Crippen LogP contribution in [0, 0.1) is 5.82 Å². The fourth-order valence-electron chi connectivity index (χ4n) is 1.88. The van der Waals surface area contributed by atoms with Crippen molar-refractivity contribution in [2.24, 2.45) is 5.73 Å². The van der Waals surface area contributed by atoms with Gasteiger partial charge in [0.1, 0.15) is 5.82 Å². The molecule has 1 amide bonds. The summed E-state index contributed by atoms with van der Waals surface area (Å²) in [5.74, 6) is -0.461. The molecule has 0 bridgehead atoms. The number of carbonyl (C=O) groups is 1. The maximum Gasteiger partial charge on any atom is 0.251 e. The molecule has 106 valence electrons. The number of halogens is 1. The van der Waals surface area contributed by atoms with Gasteiger partial charge in [-0.15, -0.1) is 0 Å². The van der Waals surface area contributed by atoms with Crippen LogP contribution >= 0.6 is 0 Å². The lowest BCUT2D eigenvalue weighted by Crippen LogP contribution is -2.24. The molecule has 0 atom stereocenters. The topological polar surface area (TPSA) is 55.1 Å². The highest BCUT2D eigenvalue weighted by Crippen LogP contribution is 2.05. The van der Waals surface area contributed by atoms with Crippen LogP contribution in [0.5, 0.6) is 0 Å². The molecule has 0 aliphatic rings. The van der Waals surface area contributed by atoms with Gasteiger partial charge in [0.15, 0.2) is 0 Å². The Morgan fingerprint density at radius 1 is 1.00 bits per heavy atom. The van der Waals surface area contributed by atoms with Gasteiger partial charge >= 0.3 is 0 Å². The first-order valence-electron chi connectivity index (χ1n) is 6.98. The zero-order valence-corrected chi connectivity index (χ0v) is 11.3. The fourth-order valence-corrected chi connectivity index (χ4v) is 1.88. The van der Waals surface area contributed by atoms with Gasteiger partial charge < -0.3 is 11.1 Å². The molecule has 19 heavy (non-hydrogen) atoms. The van der Waals surface area contributed by atoms with Crippen LogP contribution in [0.2, 0.25) is 0 Å². The van der Waals surface area contributed by atoms with Gasteiger partial charge in [-0.05, 0) is 43.7 Å². The second-order valence-electron chi connectivity index (χ2n) is 4.67. The van der Waals surface area contributed by atoms with Crippen LogP contribution in [0.15, 0.2) is 24.3 Å². The second kappa shape index (κ2) is 9.50. The number of nitrogens with one attached hydrogen (secondary N) is 1. The first kappa shape index (κ1) is 15.6. The van der Waals surface area contributed by atoms with Crippen LogP contribution in [0.25, 0.3) is 0 Å². The maximum atomic E-state index is 12.7. The highest BCUT2D eigenvalue weighted by atomic mass is 19.1. The number of carbonyl (C=O) groups excluding carboxylic acids is 1. The summed E-state index contributed by atoms with van der Waals surface area (Å²) in [5, 5.41) is 2.84. The standard InChI is InChI=1S/C15H23FN2O/c16-14-9-7-13(8-10-14)15(19)18-12-6-4-2-1-3-5-11-17/h7-10H,1-6,11-12,17H2,(H,18,19). The summed E-state index contributed by atoms with van der Waals surface area (Å²) in [6.45, 7) is 1.45. The first-order valence-corrected chi connectivity index (χ1v) is 6.98. The molecule has 0 saturated heterocycles. The average molecular weight is 266 g/mol. The molecule has 0 aliphatic carbocycles. The molecule has 0 aliphatic heterocycles. The number of hydrogen-bond acceptors (Lipinski definition) is 2. The Hall–Kier alpha value is -1.42. The molecule has 1 aromatic rings. The molecule has 4 heteroatoms. The van der Waals surface area contributed by atoms with Gasteiger partial charge in [0.2, 0.25) is 0 Å². The molecule has 1 rings (SSSR count). The van der Waals surface area contributed by atoms with Crippen LogP contribution in [-0.2, 0) is 0 Å². The minimum atomic E-state index is -0.325. The van der Waals surface area contributed by atoms with Gasteiger partial charge in [0, 0.05) is 12.1 Å². The Balaban J connectivity index is 2.06. The van der Waals surface area contributed by atoms with Crippen LogP contribution in [-0.4, -0.2) is 19.0 Å². The van der Waals surface area contributed by atoms with E-state index in [1.54, 1.807) is 0 Å². The number of amides is 1. The lowest BCUT2D eigenvalue weighted by atomic mass is 10.1. The molecule has 0 unspecified atom stereocenters. The summed E-state index contributed by atoms with van der Waals surface area (Å²) in [6, 6.07) is 5.59. The van der Waals surface area contributed by atoms with Gasteiger partial charge in [-0.25, -0.2) is 4.39 Å². The largest absolute Gasteiger partial charge is 0.352 e. The summed E-state index contributed by atoms with van der Waals surface area (Å²) in [4.78, 5) is 11.7.